The number of nitrogens with zero attached hydrogens (tertiary/aromatic N) is 2. The summed E-state index contributed by atoms with van der Waals surface area (Å²) in [5.41, 5.74) is 0. The Hall–Kier alpha value is -1.33. The van der Waals surface area contributed by atoms with Crippen LogP contribution >= 0.6 is 0 Å². The van der Waals surface area contributed by atoms with Crippen LogP contribution in [0.5, 0.6) is 0 Å². The summed E-state index contributed by atoms with van der Waals surface area (Å²) in [5, 5.41) is 18.7. The van der Waals surface area contributed by atoms with Crippen LogP contribution in [-0.2, 0) is 11.3 Å². The molecule has 1 aromatic heterocycles. The molecule has 0 saturated carbocycles. The van der Waals surface area contributed by atoms with Crippen LogP contribution in [0.25, 0.3) is 0 Å². The van der Waals surface area contributed by atoms with Crippen LogP contribution in [-0.4, -0.2) is 51.4 Å². The lowest BCUT2D eigenvalue weighted by Crippen LogP contribution is -2.46. The van der Waals surface area contributed by atoms with Gasteiger partial charge in [-0.05, 0) is 38.1 Å². The monoisotopic (exact) mass is 252 g/mol. The van der Waals surface area contributed by atoms with Gasteiger partial charge in [-0.1, -0.05) is 0 Å². The number of carboxylic acid groups (broad SMARTS) is 1. The molecule has 5 nitrogen and oxygen atoms in total. The molecule has 0 bridgehead atoms. The maximum absolute atomic E-state index is 10.9. The van der Waals surface area contributed by atoms with E-state index in [4.69, 9.17) is 5.11 Å². The first kappa shape index (κ1) is 13.1. The number of carbonyl (C=O) groups is 1. The predicted molar refractivity (Wildman–Crippen MR) is 67.2 cm³/mol. The van der Waals surface area contributed by atoms with Gasteiger partial charge in [0.25, 0.3) is 0 Å². The van der Waals surface area contributed by atoms with E-state index < -0.39 is 18.0 Å². The molecule has 2 rings (SSSR count). The third-order valence-electron chi connectivity index (χ3n) is 3.54. The van der Waals surface area contributed by atoms with Crippen molar-refractivity contribution in [2.75, 3.05) is 19.6 Å². The third kappa shape index (κ3) is 3.34. The van der Waals surface area contributed by atoms with Crippen LogP contribution in [0, 0.1) is 5.92 Å². The highest BCUT2D eigenvalue weighted by Gasteiger charge is 2.32. The SMILES string of the molecule is O=C(O)[C@H]1CCN(CCCn2cccc2)C[C@H]1O. The molecule has 2 N–H and O–H groups in total. The standard InChI is InChI=1S/C13H20N2O3/c16-12-10-15(9-4-11(12)13(17)18)8-3-7-14-5-1-2-6-14/h1-2,5-6,11-12,16H,3-4,7-10H2,(H,17,18)/t11-,12+/m0/s1. The lowest BCUT2D eigenvalue weighted by molar-refractivity contribution is -0.148. The highest BCUT2D eigenvalue weighted by molar-refractivity contribution is 5.70. The molecule has 1 saturated heterocycles. The van der Waals surface area contributed by atoms with E-state index in [0.717, 1.165) is 26.1 Å². The molecule has 1 aromatic rings. The van der Waals surface area contributed by atoms with Gasteiger partial charge in [0, 0.05) is 25.5 Å². The Kier molecular flexibility index (Phi) is 4.38. The number of aryl methyl sites for hydroxylation is 1. The van der Waals surface area contributed by atoms with Crippen LogP contribution < -0.4 is 0 Å². The Bertz CT molecular complexity index is 378. The number of aliphatic hydroxyl groups is 1. The van der Waals surface area contributed by atoms with Crippen molar-refractivity contribution in [1.29, 1.82) is 0 Å². The van der Waals surface area contributed by atoms with E-state index in [-0.39, 0.29) is 0 Å². The zero-order chi connectivity index (χ0) is 13.0. The number of β-amino-alcohol motifs (C(OH)–C–C–N with tert-alkyl or cyclic N) is 1. The number of hydrogen-bond donors (Lipinski definition) is 2. The highest BCUT2D eigenvalue weighted by atomic mass is 16.4. The second kappa shape index (κ2) is 6.02. The molecule has 1 fully saturated rings. The Morgan fingerprint density at radius 3 is 2.61 bits per heavy atom. The van der Waals surface area contributed by atoms with E-state index in [0.29, 0.717) is 13.0 Å². The van der Waals surface area contributed by atoms with Crippen molar-refractivity contribution in [3.05, 3.63) is 24.5 Å². The number of rotatable bonds is 5. The molecule has 0 unspecified atom stereocenters. The molecular weight excluding hydrogens is 232 g/mol. The second-order valence-corrected chi connectivity index (χ2v) is 4.88. The number of carboxylic acids is 1. The Morgan fingerprint density at radius 2 is 2.00 bits per heavy atom. The maximum Gasteiger partial charge on any atom is 0.309 e. The molecule has 1 aliphatic rings. The van der Waals surface area contributed by atoms with Crippen molar-refractivity contribution in [1.82, 2.24) is 9.47 Å². The van der Waals surface area contributed by atoms with Gasteiger partial charge < -0.3 is 19.7 Å². The first-order chi connectivity index (χ1) is 8.66. The highest BCUT2D eigenvalue weighted by Crippen LogP contribution is 2.18. The molecule has 5 heteroatoms. The van der Waals surface area contributed by atoms with E-state index >= 15 is 0 Å². The predicted octanol–water partition coefficient (Wildman–Crippen LogP) is 0.646. The fourth-order valence-electron chi connectivity index (χ4n) is 2.48. The lowest BCUT2D eigenvalue weighted by atomic mass is 9.94. The molecule has 18 heavy (non-hydrogen) atoms. The van der Waals surface area contributed by atoms with Gasteiger partial charge in [0.05, 0.1) is 12.0 Å². The summed E-state index contributed by atoms with van der Waals surface area (Å²) in [4.78, 5) is 13.0. The number of piperidine rings is 1. The number of hydrogen-bond acceptors (Lipinski definition) is 3. The van der Waals surface area contributed by atoms with Crippen LogP contribution in [0.1, 0.15) is 12.8 Å². The topological polar surface area (TPSA) is 65.7 Å². The van der Waals surface area contributed by atoms with Gasteiger partial charge in [-0.15, -0.1) is 0 Å². The van der Waals surface area contributed by atoms with Gasteiger partial charge in [0.2, 0.25) is 0 Å². The summed E-state index contributed by atoms with van der Waals surface area (Å²) in [6.07, 6.45) is 4.89. The molecule has 0 aliphatic carbocycles. The van der Waals surface area contributed by atoms with Gasteiger partial charge in [-0.2, -0.15) is 0 Å². The second-order valence-electron chi connectivity index (χ2n) is 4.88. The van der Waals surface area contributed by atoms with E-state index in [9.17, 15) is 9.90 Å². The molecule has 2 heterocycles. The van der Waals surface area contributed by atoms with Gasteiger partial charge >= 0.3 is 5.97 Å². The first-order valence-electron chi connectivity index (χ1n) is 6.41. The van der Waals surface area contributed by atoms with Gasteiger partial charge in [-0.3, -0.25) is 4.79 Å². The minimum atomic E-state index is -0.880. The summed E-state index contributed by atoms with van der Waals surface area (Å²) >= 11 is 0. The Morgan fingerprint density at radius 1 is 1.28 bits per heavy atom. The summed E-state index contributed by atoms with van der Waals surface area (Å²) < 4.78 is 2.13. The third-order valence-corrected chi connectivity index (χ3v) is 3.54. The van der Waals surface area contributed by atoms with Crippen molar-refractivity contribution < 1.29 is 15.0 Å². The lowest BCUT2D eigenvalue weighted by Gasteiger charge is -2.33. The fourth-order valence-corrected chi connectivity index (χ4v) is 2.48. The summed E-state index contributed by atoms with van der Waals surface area (Å²) in [5.74, 6) is -1.47. The minimum Gasteiger partial charge on any atom is -0.481 e. The van der Waals surface area contributed by atoms with E-state index in [1.54, 1.807) is 0 Å². The quantitative estimate of drug-likeness (QED) is 0.807. The number of aromatic nitrogens is 1. The largest absolute Gasteiger partial charge is 0.481 e. The summed E-state index contributed by atoms with van der Waals surface area (Å²) in [6, 6.07) is 4.00. The first-order valence-corrected chi connectivity index (χ1v) is 6.41. The molecule has 0 spiro atoms. The van der Waals surface area contributed by atoms with Crippen molar-refractivity contribution in [3.63, 3.8) is 0 Å². The van der Waals surface area contributed by atoms with Crippen LogP contribution in [0.3, 0.4) is 0 Å². The Balaban J connectivity index is 1.71. The maximum atomic E-state index is 10.9. The fraction of sp³-hybridized carbons (Fsp3) is 0.615. The van der Waals surface area contributed by atoms with Crippen molar-refractivity contribution in [2.45, 2.75) is 25.5 Å². The van der Waals surface area contributed by atoms with Crippen molar-refractivity contribution in [3.8, 4) is 0 Å². The summed E-state index contributed by atoms with van der Waals surface area (Å²) in [6.45, 7) is 3.10. The number of likely N-dealkylation sites (tertiary alicyclic amines) is 1. The Labute approximate surface area is 107 Å². The van der Waals surface area contributed by atoms with E-state index in [1.165, 1.54) is 0 Å². The molecule has 0 aromatic carbocycles. The number of aliphatic hydroxyl groups excluding tert-OH is 1. The van der Waals surface area contributed by atoms with Gasteiger partial charge in [0.1, 0.15) is 0 Å². The molecule has 1 aliphatic heterocycles. The van der Waals surface area contributed by atoms with Gasteiger partial charge in [-0.25, -0.2) is 0 Å². The average molecular weight is 252 g/mol. The van der Waals surface area contributed by atoms with E-state index in [1.807, 2.05) is 24.5 Å². The molecule has 100 valence electrons. The van der Waals surface area contributed by atoms with Crippen molar-refractivity contribution >= 4 is 5.97 Å². The smallest absolute Gasteiger partial charge is 0.309 e. The minimum absolute atomic E-state index is 0.475. The zero-order valence-electron chi connectivity index (χ0n) is 10.4. The van der Waals surface area contributed by atoms with Crippen molar-refractivity contribution in [2.24, 2.45) is 5.92 Å². The van der Waals surface area contributed by atoms with Gasteiger partial charge in [0.15, 0.2) is 0 Å². The summed E-state index contributed by atoms with van der Waals surface area (Å²) in [7, 11) is 0. The number of aliphatic carboxylic acids is 1. The van der Waals surface area contributed by atoms with Crippen LogP contribution in [0.4, 0.5) is 0 Å². The molecule has 2 atom stereocenters. The molecule has 0 amide bonds. The molecular formula is C13H20N2O3. The van der Waals surface area contributed by atoms with E-state index in [2.05, 4.69) is 9.47 Å². The average Bonchev–Trinajstić information content (AvgIpc) is 2.81. The normalized spacial score (nSPS) is 25.2. The molecule has 0 radical (unpaired) electrons. The zero-order valence-corrected chi connectivity index (χ0v) is 10.4. The van der Waals surface area contributed by atoms with Crippen LogP contribution in [0.2, 0.25) is 0 Å². The van der Waals surface area contributed by atoms with Crippen LogP contribution in [0.15, 0.2) is 24.5 Å².